The van der Waals surface area contributed by atoms with Gasteiger partial charge in [-0.2, -0.15) is 5.10 Å². The quantitative estimate of drug-likeness (QED) is 0.556. The summed E-state index contributed by atoms with van der Waals surface area (Å²) in [6.45, 7) is 3.67. The summed E-state index contributed by atoms with van der Waals surface area (Å²) >= 11 is 0. The van der Waals surface area contributed by atoms with Crippen molar-refractivity contribution in [1.29, 1.82) is 0 Å². The number of H-pyrrole nitrogens is 2. The monoisotopic (exact) mass is 326 g/mol. The zero-order valence-electron chi connectivity index (χ0n) is 13.9. The normalized spacial score (nSPS) is 12.5. The highest BCUT2D eigenvalue weighted by atomic mass is 16.3. The zero-order valence-corrected chi connectivity index (χ0v) is 13.9. The largest absolute Gasteiger partial charge is 0.394 e. The highest BCUT2D eigenvalue weighted by Gasteiger charge is 2.17. The fraction of sp³-hybridized carbons (Fsp3) is 0.333. The first-order valence-electron chi connectivity index (χ1n) is 8.04. The molecule has 3 aromatic rings. The van der Waals surface area contributed by atoms with Crippen molar-refractivity contribution < 1.29 is 9.90 Å². The molecule has 0 aliphatic rings. The standard InChI is InChI=1S/C18H22N4O2/c1-11-16(12(2)22-21-11)8-18(24)20-14(10-23)7-13-9-19-17-6-4-3-5-15(13)17/h3-6,9,14,19,23H,7-8,10H2,1-2H3,(H,20,24)(H,21,22). The van der Waals surface area contributed by atoms with Gasteiger partial charge in [-0.05, 0) is 31.9 Å². The summed E-state index contributed by atoms with van der Waals surface area (Å²) in [6.07, 6.45) is 2.78. The van der Waals surface area contributed by atoms with Crippen molar-refractivity contribution in [2.75, 3.05) is 6.61 Å². The number of amides is 1. The van der Waals surface area contributed by atoms with Gasteiger partial charge in [-0.15, -0.1) is 0 Å². The molecule has 1 aromatic carbocycles. The molecule has 0 spiro atoms. The number of aromatic nitrogens is 3. The van der Waals surface area contributed by atoms with E-state index in [9.17, 15) is 9.90 Å². The third-order valence-corrected chi connectivity index (χ3v) is 4.34. The van der Waals surface area contributed by atoms with Crippen LogP contribution in [0.4, 0.5) is 0 Å². The van der Waals surface area contributed by atoms with Crippen LogP contribution in [0.25, 0.3) is 10.9 Å². The van der Waals surface area contributed by atoms with E-state index in [0.717, 1.165) is 33.4 Å². The van der Waals surface area contributed by atoms with Crippen LogP contribution in [0.15, 0.2) is 30.5 Å². The summed E-state index contributed by atoms with van der Waals surface area (Å²) < 4.78 is 0. The lowest BCUT2D eigenvalue weighted by molar-refractivity contribution is -0.121. The molecule has 1 amide bonds. The molecule has 1 atom stereocenters. The first kappa shape index (κ1) is 16.3. The Balaban J connectivity index is 1.67. The minimum Gasteiger partial charge on any atom is -0.394 e. The van der Waals surface area contributed by atoms with Crippen molar-refractivity contribution in [3.63, 3.8) is 0 Å². The van der Waals surface area contributed by atoms with Crippen LogP contribution in [-0.4, -0.2) is 38.8 Å². The number of hydrogen-bond acceptors (Lipinski definition) is 3. The van der Waals surface area contributed by atoms with E-state index >= 15 is 0 Å². The highest BCUT2D eigenvalue weighted by Crippen LogP contribution is 2.19. The Kier molecular flexibility index (Phi) is 4.66. The second kappa shape index (κ2) is 6.88. The summed E-state index contributed by atoms with van der Waals surface area (Å²) in [5.41, 5.74) is 4.79. The Labute approximate surface area is 140 Å². The van der Waals surface area contributed by atoms with Gasteiger partial charge in [0.1, 0.15) is 0 Å². The lowest BCUT2D eigenvalue weighted by Crippen LogP contribution is -2.40. The number of aromatic amines is 2. The summed E-state index contributed by atoms with van der Waals surface area (Å²) in [5, 5.41) is 20.7. The second-order valence-electron chi connectivity index (χ2n) is 6.10. The molecule has 0 aliphatic heterocycles. The minimum absolute atomic E-state index is 0.103. The number of carbonyl (C=O) groups excluding carboxylic acids is 1. The minimum atomic E-state index is -0.316. The van der Waals surface area contributed by atoms with Gasteiger partial charge >= 0.3 is 0 Å². The van der Waals surface area contributed by atoms with Crippen molar-refractivity contribution >= 4 is 16.8 Å². The number of para-hydroxylation sites is 1. The smallest absolute Gasteiger partial charge is 0.224 e. The summed E-state index contributed by atoms with van der Waals surface area (Å²) in [7, 11) is 0. The first-order valence-corrected chi connectivity index (χ1v) is 8.04. The van der Waals surface area contributed by atoms with Gasteiger partial charge in [0.2, 0.25) is 5.91 Å². The molecule has 0 saturated carbocycles. The number of nitrogens with one attached hydrogen (secondary N) is 3. The molecule has 2 aromatic heterocycles. The van der Waals surface area contributed by atoms with Crippen LogP contribution in [0.1, 0.15) is 22.5 Å². The van der Waals surface area contributed by atoms with E-state index in [0.29, 0.717) is 6.42 Å². The van der Waals surface area contributed by atoms with E-state index in [1.54, 1.807) is 0 Å². The van der Waals surface area contributed by atoms with Gasteiger partial charge in [-0.3, -0.25) is 9.89 Å². The Morgan fingerprint density at radius 3 is 2.83 bits per heavy atom. The predicted octanol–water partition coefficient (Wildman–Crippen LogP) is 1.77. The van der Waals surface area contributed by atoms with Crippen molar-refractivity contribution in [2.24, 2.45) is 0 Å². The lowest BCUT2D eigenvalue weighted by Gasteiger charge is -2.16. The van der Waals surface area contributed by atoms with E-state index in [-0.39, 0.29) is 25.0 Å². The average Bonchev–Trinajstić information content (AvgIpc) is 3.12. The van der Waals surface area contributed by atoms with Gasteiger partial charge < -0.3 is 15.4 Å². The van der Waals surface area contributed by atoms with Crippen LogP contribution in [0.3, 0.4) is 0 Å². The second-order valence-corrected chi connectivity index (χ2v) is 6.10. The van der Waals surface area contributed by atoms with Crippen molar-refractivity contribution in [3.05, 3.63) is 53.0 Å². The van der Waals surface area contributed by atoms with E-state index < -0.39 is 0 Å². The Bertz CT molecular complexity index is 830. The van der Waals surface area contributed by atoms with Gasteiger partial charge in [0.25, 0.3) is 0 Å². The Hall–Kier alpha value is -2.60. The number of aliphatic hydroxyl groups excluding tert-OH is 1. The topological polar surface area (TPSA) is 93.8 Å². The Morgan fingerprint density at radius 2 is 2.12 bits per heavy atom. The summed E-state index contributed by atoms with van der Waals surface area (Å²) in [5.74, 6) is -0.110. The van der Waals surface area contributed by atoms with Gasteiger partial charge in [0.05, 0.1) is 24.8 Å². The molecule has 126 valence electrons. The maximum atomic E-state index is 12.3. The molecule has 2 heterocycles. The van der Waals surface area contributed by atoms with Gasteiger partial charge in [-0.25, -0.2) is 0 Å². The maximum Gasteiger partial charge on any atom is 0.224 e. The molecule has 6 heteroatoms. The summed E-state index contributed by atoms with van der Waals surface area (Å²) in [4.78, 5) is 15.5. The fourth-order valence-corrected chi connectivity index (χ4v) is 3.00. The maximum absolute atomic E-state index is 12.3. The number of aryl methyl sites for hydroxylation is 2. The molecule has 1 unspecified atom stereocenters. The van der Waals surface area contributed by atoms with Gasteiger partial charge in [0.15, 0.2) is 0 Å². The van der Waals surface area contributed by atoms with E-state index in [1.807, 2.05) is 44.3 Å². The van der Waals surface area contributed by atoms with Crippen molar-refractivity contribution in [3.8, 4) is 0 Å². The average molecular weight is 326 g/mol. The number of hydrogen-bond donors (Lipinski definition) is 4. The number of carbonyl (C=O) groups is 1. The number of nitrogens with zero attached hydrogens (tertiary/aromatic N) is 1. The van der Waals surface area contributed by atoms with Crippen LogP contribution < -0.4 is 5.32 Å². The third kappa shape index (κ3) is 3.33. The molecule has 6 nitrogen and oxygen atoms in total. The first-order chi connectivity index (χ1) is 11.6. The molecule has 3 rings (SSSR count). The van der Waals surface area contributed by atoms with E-state index in [4.69, 9.17) is 0 Å². The van der Waals surface area contributed by atoms with Crippen molar-refractivity contribution in [1.82, 2.24) is 20.5 Å². The highest BCUT2D eigenvalue weighted by molar-refractivity contribution is 5.83. The van der Waals surface area contributed by atoms with Gasteiger partial charge in [0, 0.05) is 28.4 Å². The molecular formula is C18H22N4O2. The molecule has 4 N–H and O–H groups in total. The molecule has 0 aliphatic carbocycles. The lowest BCUT2D eigenvalue weighted by atomic mass is 10.0. The van der Waals surface area contributed by atoms with E-state index in [2.05, 4.69) is 20.5 Å². The molecule has 0 fully saturated rings. The molecular weight excluding hydrogens is 304 g/mol. The fourth-order valence-electron chi connectivity index (χ4n) is 3.00. The van der Waals surface area contributed by atoms with Crippen LogP contribution in [0.2, 0.25) is 0 Å². The van der Waals surface area contributed by atoms with E-state index in [1.165, 1.54) is 0 Å². The van der Waals surface area contributed by atoms with Crippen LogP contribution >= 0.6 is 0 Å². The predicted molar refractivity (Wildman–Crippen MR) is 92.8 cm³/mol. The number of aliphatic hydroxyl groups is 1. The van der Waals surface area contributed by atoms with Crippen LogP contribution in [0, 0.1) is 13.8 Å². The third-order valence-electron chi connectivity index (χ3n) is 4.34. The number of benzene rings is 1. The van der Waals surface area contributed by atoms with Crippen molar-refractivity contribution in [2.45, 2.75) is 32.7 Å². The SMILES string of the molecule is Cc1n[nH]c(C)c1CC(=O)NC(CO)Cc1c[nH]c2ccccc12. The summed E-state index contributed by atoms with van der Waals surface area (Å²) in [6, 6.07) is 7.69. The van der Waals surface area contributed by atoms with Gasteiger partial charge in [-0.1, -0.05) is 18.2 Å². The number of rotatable bonds is 6. The zero-order chi connectivity index (χ0) is 17.1. The number of fused-ring (bicyclic) bond motifs is 1. The van der Waals surface area contributed by atoms with Crippen LogP contribution in [0.5, 0.6) is 0 Å². The molecule has 24 heavy (non-hydrogen) atoms. The molecule has 0 saturated heterocycles. The molecule has 0 radical (unpaired) electrons. The van der Waals surface area contributed by atoms with Crippen LogP contribution in [-0.2, 0) is 17.6 Å². The Morgan fingerprint density at radius 1 is 1.33 bits per heavy atom. The molecule has 0 bridgehead atoms.